The molecule has 1 radical (unpaired) electrons. The highest BCUT2D eigenvalue weighted by Gasteiger charge is 2.07. The van der Waals surface area contributed by atoms with Gasteiger partial charge in [-0.1, -0.05) is 24.3 Å². The van der Waals surface area contributed by atoms with Gasteiger partial charge in [-0.25, -0.2) is 0 Å². The molecule has 0 aromatic heterocycles. The first-order valence-corrected chi connectivity index (χ1v) is 3.38. The molecule has 0 nitrogen and oxygen atoms in total. The normalized spacial score (nSPS) is 15.6. The number of hydrogen-bond acceptors (Lipinski definition) is 0. The molecule has 0 amide bonds. The Bertz CT molecular complexity index is 195. The lowest BCUT2D eigenvalue weighted by molar-refractivity contribution is 1.03. The highest BCUT2D eigenvalue weighted by Crippen LogP contribution is 2.21. The molecule has 0 bridgehead atoms. The van der Waals surface area contributed by atoms with Crippen LogP contribution < -0.4 is 0 Å². The second kappa shape index (κ2) is 1.87. The predicted octanol–water partition coefficient (Wildman–Crippen LogP) is 2.30. The van der Waals surface area contributed by atoms with Gasteiger partial charge in [0.1, 0.15) is 0 Å². The Kier molecular flexibility index (Phi) is 1.05. The van der Waals surface area contributed by atoms with Crippen molar-refractivity contribution >= 4 is 0 Å². The zero-order chi connectivity index (χ0) is 6.10. The fourth-order valence-electron chi connectivity index (χ4n) is 1.34. The van der Waals surface area contributed by atoms with Crippen LogP contribution in [0.2, 0.25) is 0 Å². The van der Waals surface area contributed by atoms with Crippen LogP contribution in [0.3, 0.4) is 0 Å². The minimum Gasteiger partial charge on any atom is -0.0620 e. The quantitative estimate of drug-likeness (QED) is 0.490. The summed E-state index contributed by atoms with van der Waals surface area (Å²) in [5, 5.41) is 0. The third kappa shape index (κ3) is 0.748. The van der Waals surface area contributed by atoms with Gasteiger partial charge in [0, 0.05) is 0 Å². The molecule has 0 heterocycles. The van der Waals surface area contributed by atoms with E-state index in [1.807, 2.05) is 0 Å². The SMILES string of the molecule is [CH]1CCc2ccccc21.[H+]. The molecule has 2 rings (SSSR count). The van der Waals surface area contributed by atoms with Crippen LogP contribution >= 0.6 is 0 Å². The number of rotatable bonds is 0. The standard InChI is InChI=1S/C9H9/c1-2-5-9-7-3-6-8(9)4-1/h1-2,4-6H,3,7H2/p+1. The van der Waals surface area contributed by atoms with Crippen molar-refractivity contribution in [3.05, 3.63) is 41.8 Å². The van der Waals surface area contributed by atoms with E-state index in [2.05, 4.69) is 30.7 Å². The lowest BCUT2D eigenvalue weighted by Gasteiger charge is -1.92. The maximum Gasteiger partial charge on any atom is 1.00 e. The maximum absolute atomic E-state index is 2.30. The average Bonchev–Trinajstić information content (AvgIpc) is 2.33. The first-order chi connectivity index (χ1) is 4.47. The molecule has 1 aliphatic rings. The summed E-state index contributed by atoms with van der Waals surface area (Å²) in [6.07, 6.45) is 4.78. The molecule has 0 saturated carbocycles. The first-order valence-electron chi connectivity index (χ1n) is 3.38. The van der Waals surface area contributed by atoms with Crippen molar-refractivity contribution in [1.29, 1.82) is 0 Å². The van der Waals surface area contributed by atoms with Gasteiger partial charge < -0.3 is 0 Å². The summed E-state index contributed by atoms with van der Waals surface area (Å²) in [5.41, 5.74) is 2.95. The van der Waals surface area contributed by atoms with E-state index in [0.29, 0.717) is 0 Å². The summed E-state index contributed by atoms with van der Waals surface area (Å²) in [6.45, 7) is 0. The smallest absolute Gasteiger partial charge is 0.0620 e. The molecular formula is C9H10+. The summed E-state index contributed by atoms with van der Waals surface area (Å²) in [7, 11) is 0. The fourth-order valence-corrected chi connectivity index (χ4v) is 1.34. The Hall–Kier alpha value is -0.780. The van der Waals surface area contributed by atoms with Crippen LogP contribution in [0.4, 0.5) is 0 Å². The summed E-state index contributed by atoms with van der Waals surface area (Å²) < 4.78 is 0. The first kappa shape index (κ1) is 5.04. The Morgan fingerprint density at radius 1 is 1.22 bits per heavy atom. The predicted molar refractivity (Wildman–Crippen MR) is 39.3 cm³/mol. The van der Waals surface area contributed by atoms with Gasteiger partial charge in [0.2, 0.25) is 0 Å². The lowest BCUT2D eigenvalue weighted by Crippen LogP contribution is -1.76. The molecular weight excluding hydrogens is 108 g/mol. The average molecular weight is 118 g/mol. The summed E-state index contributed by atoms with van der Waals surface area (Å²) in [5.74, 6) is 0. The second-order valence-electron chi connectivity index (χ2n) is 2.44. The molecule has 45 valence electrons. The van der Waals surface area contributed by atoms with Crippen LogP contribution in [0.1, 0.15) is 19.0 Å². The second-order valence-corrected chi connectivity index (χ2v) is 2.44. The van der Waals surface area contributed by atoms with Crippen LogP contribution in [-0.2, 0) is 6.42 Å². The van der Waals surface area contributed by atoms with Crippen LogP contribution in [0.5, 0.6) is 0 Å². The van der Waals surface area contributed by atoms with Crippen molar-refractivity contribution in [2.45, 2.75) is 12.8 Å². The molecule has 0 fully saturated rings. The van der Waals surface area contributed by atoms with Gasteiger partial charge >= 0.3 is 1.43 Å². The zero-order valence-corrected chi connectivity index (χ0v) is 5.30. The summed E-state index contributed by atoms with van der Waals surface area (Å²) in [6, 6.07) is 8.60. The number of hydrogen-bond donors (Lipinski definition) is 0. The number of fused-ring (bicyclic) bond motifs is 1. The van der Waals surface area contributed by atoms with Crippen LogP contribution in [-0.4, -0.2) is 0 Å². The van der Waals surface area contributed by atoms with Gasteiger partial charge in [-0.15, -0.1) is 0 Å². The molecule has 9 heavy (non-hydrogen) atoms. The summed E-state index contributed by atoms with van der Waals surface area (Å²) >= 11 is 0. The molecule has 0 spiro atoms. The largest absolute Gasteiger partial charge is 1.00 e. The minimum atomic E-state index is 0. The van der Waals surface area contributed by atoms with E-state index in [9.17, 15) is 0 Å². The Balaban J connectivity index is 0.000000500. The van der Waals surface area contributed by atoms with E-state index < -0.39 is 0 Å². The van der Waals surface area contributed by atoms with Crippen LogP contribution in [0.15, 0.2) is 24.3 Å². The van der Waals surface area contributed by atoms with E-state index >= 15 is 0 Å². The van der Waals surface area contributed by atoms with Gasteiger partial charge in [0.05, 0.1) is 0 Å². The van der Waals surface area contributed by atoms with E-state index in [1.165, 1.54) is 24.0 Å². The molecule has 1 aromatic rings. The fraction of sp³-hybridized carbons (Fsp3) is 0.222. The van der Waals surface area contributed by atoms with Gasteiger partial charge in [-0.05, 0) is 30.4 Å². The molecule has 0 heteroatoms. The Labute approximate surface area is 57.0 Å². The molecule has 1 aliphatic carbocycles. The van der Waals surface area contributed by atoms with Crippen molar-refractivity contribution in [1.82, 2.24) is 0 Å². The minimum absolute atomic E-state index is 0. The lowest BCUT2D eigenvalue weighted by atomic mass is 10.1. The number of aryl methyl sites for hydroxylation is 1. The number of benzene rings is 1. The molecule has 0 aliphatic heterocycles. The summed E-state index contributed by atoms with van der Waals surface area (Å²) in [4.78, 5) is 0. The molecule has 1 aromatic carbocycles. The Morgan fingerprint density at radius 3 is 3.00 bits per heavy atom. The van der Waals surface area contributed by atoms with Gasteiger partial charge in [0.15, 0.2) is 0 Å². The zero-order valence-electron chi connectivity index (χ0n) is 6.30. The van der Waals surface area contributed by atoms with E-state index in [4.69, 9.17) is 0 Å². The highest BCUT2D eigenvalue weighted by molar-refractivity contribution is 5.37. The van der Waals surface area contributed by atoms with Crippen molar-refractivity contribution in [3.63, 3.8) is 0 Å². The van der Waals surface area contributed by atoms with Gasteiger partial charge in [-0.2, -0.15) is 0 Å². The van der Waals surface area contributed by atoms with Gasteiger partial charge in [-0.3, -0.25) is 0 Å². The van der Waals surface area contributed by atoms with E-state index in [1.54, 1.807) is 0 Å². The molecule has 0 N–H and O–H groups in total. The van der Waals surface area contributed by atoms with Crippen molar-refractivity contribution in [3.8, 4) is 0 Å². The van der Waals surface area contributed by atoms with Crippen LogP contribution in [0, 0.1) is 6.42 Å². The third-order valence-electron chi connectivity index (χ3n) is 1.83. The van der Waals surface area contributed by atoms with E-state index in [0.717, 1.165) is 0 Å². The molecule has 0 unspecified atom stereocenters. The Morgan fingerprint density at radius 2 is 2.11 bits per heavy atom. The van der Waals surface area contributed by atoms with E-state index in [-0.39, 0.29) is 1.43 Å². The molecule has 0 saturated heterocycles. The topological polar surface area (TPSA) is 0 Å². The van der Waals surface area contributed by atoms with Gasteiger partial charge in [0.25, 0.3) is 0 Å². The third-order valence-corrected chi connectivity index (χ3v) is 1.83. The van der Waals surface area contributed by atoms with Crippen molar-refractivity contribution < 1.29 is 1.43 Å². The van der Waals surface area contributed by atoms with Crippen LogP contribution in [0.25, 0.3) is 0 Å². The maximum atomic E-state index is 2.30. The monoisotopic (exact) mass is 118 g/mol. The molecule has 0 atom stereocenters. The van der Waals surface area contributed by atoms with Crippen molar-refractivity contribution in [2.75, 3.05) is 0 Å². The van der Waals surface area contributed by atoms with Crippen molar-refractivity contribution in [2.24, 2.45) is 0 Å². The highest BCUT2D eigenvalue weighted by atomic mass is 14.1.